The molecule has 1 aromatic heterocycles. The van der Waals surface area contributed by atoms with Gasteiger partial charge in [0.2, 0.25) is 5.91 Å². The Morgan fingerprint density at radius 1 is 1.20 bits per heavy atom. The van der Waals surface area contributed by atoms with Crippen LogP contribution in [0.15, 0.2) is 48.8 Å². The number of nitrogens with one attached hydrogen (secondary N) is 1. The number of hydrogen-bond donors (Lipinski definition) is 1. The van der Waals surface area contributed by atoms with Crippen LogP contribution in [-0.2, 0) is 11.3 Å². The van der Waals surface area contributed by atoms with E-state index in [9.17, 15) is 14.0 Å². The number of likely N-dealkylation sites (tertiary alicyclic amines) is 2. The lowest BCUT2D eigenvalue weighted by Gasteiger charge is -2.50. The second kappa shape index (κ2) is 8.14. The first-order chi connectivity index (χ1) is 14.4. The molecular weight excluding hydrogens is 383 g/mol. The van der Waals surface area contributed by atoms with E-state index in [1.807, 2.05) is 32.0 Å². The molecule has 1 unspecified atom stereocenters. The molecule has 1 spiro atoms. The minimum Gasteiger partial charge on any atom is -0.354 e. The fraction of sp³-hybridized carbons (Fsp3) is 0.435. The molecule has 0 saturated carbocycles. The zero-order valence-corrected chi connectivity index (χ0v) is 17.3. The summed E-state index contributed by atoms with van der Waals surface area (Å²) in [6.07, 6.45) is 2.47. The van der Waals surface area contributed by atoms with Crippen LogP contribution < -0.4 is 5.32 Å². The van der Waals surface area contributed by atoms with E-state index in [0.717, 1.165) is 19.3 Å². The summed E-state index contributed by atoms with van der Waals surface area (Å²) in [4.78, 5) is 33.3. The summed E-state index contributed by atoms with van der Waals surface area (Å²) in [6, 6.07) is 11.6. The monoisotopic (exact) mass is 410 g/mol. The minimum absolute atomic E-state index is 0.0298. The molecule has 0 aliphatic carbocycles. The van der Waals surface area contributed by atoms with E-state index in [1.54, 1.807) is 4.90 Å². The normalized spacial score (nSPS) is 20.4. The molecule has 1 N–H and O–H groups in total. The van der Waals surface area contributed by atoms with Crippen molar-refractivity contribution in [3.63, 3.8) is 0 Å². The summed E-state index contributed by atoms with van der Waals surface area (Å²) in [5, 5.41) is 3.04. The van der Waals surface area contributed by atoms with Crippen molar-refractivity contribution in [3.8, 4) is 0 Å². The molecule has 1 aromatic carbocycles. The molecule has 2 aromatic rings. The number of pyridine rings is 1. The Balaban J connectivity index is 1.50. The Kier molecular flexibility index (Phi) is 5.56. The smallest absolute Gasteiger partial charge is 0.256 e. The fourth-order valence-electron chi connectivity index (χ4n) is 4.68. The molecule has 30 heavy (non-hydrogen) atoms. The molecule has 4 rings (SSSR count). The molecule has 2 amide bonds. The number of rotatable bonds is 5. The maximum Gasteiger partial charge on any atom is 0.256 e. The van der Waals surface area contributed by atoms with Crippen LogP contribution >= 0.6 is 0 Å². The summed E-state index contributed by atoms with van der Waals surface area (Å²) in [7, 11) is 0. The fourth-order valence-corrected chi connectivity index (χ4v) is 4.68. The number of benzene rings is 1. The second-order valence-corrected chi connectivity index (χ2v) is 8.75. The highest BCUT2D eigenvalue weighted by atomic mass is 19.1. The summed E-state index contributed by atoms with van der Waals surface area (Å²) in [5.41, 5.74) is 0.929. The summed E-state index contributed by atoms with van der Waals surface area (Å²) in [6.45, 7) is 6.96. The molecule has 6 nitrogen and oxygen atoms in total. The highest BCUT2D eigenvalue weighted by Gasteiger charge is 2.57. The van der Waals surface area contributed by atoms with Crippen LogP contribution in [0.1, 0.15) is 29.8 Å². The van der Waals surface area contributed by atoms with Gasteiger partial charge in [0.25, 0.3) is 5.91 Å². The van der Waals surface area contributed by atoms with Crippen LogP contribution in [0.5, 0.6) is 0 Å². The molecule has 2 aliphatic rings. The predicted octanol–water partition coefficient (Wildman–Crippen LogP) is 2.32. The van der Waals surface area contributed by atoms with Crippen molar-refractivity contribution in [2.45, 2.75) is 26.4 Å². The van der Waals surface area contributed by atoms with Crippen molar-refractivity contribution >= 4 is 11.8 Å². The standard InChI is InChI=1S/C23H27FN4O2/c1-16(2)26-21(29)19-12-27(11-17-6-4-3-5-7-17)13-23(19)14-28(15-23)22(30)18-8-9-25-10-20(18)24/h3-10,16,19H,11-15H2,1-2H3,(H,26,29). The average Bonchev–Trinajstić information content (AvgIpc) is 3.06. The zero-order valence-electron chi connectivity index (χ0n) is 17.3. The van der Waals surface area contributed by atoms with E-state index < -0.39 is 5.82 Å². The molecule has 2 fully saturated rings. The SMILES string of the molecule is CC(C)NC(=O)C1CN(Cc2ccccc2)CC12CN(C(=O)c1ccncc1F)C2. The van der Waals surface area contributed by atoms with Crippen LogP contribution in [0, 0.1) is 17.2 Å². The third-order valence-electron chi connectivity index (χ3n) is 6.02. The van der Waals surface area contributed by atoms with Crippen LogP contribution in [0.2, 0.25) is 0 Å². The summed E-state index contributed by atoms with van der Waals surface area (Å²) >= 11 is 0. The van der Waals surface area contributed by atoms with Crippen LogP contribution in [0.25, 0.3) is 0 Å². The highest BCUT2D eigenvalue weighted by molar-refractivity contribution is 5.95. The number of halogens is 1. The Labute approximate surface area is 176 Å². The summed E-state index contributed by atoms with van der Waals surface area (Å²) in [5.74, 6) is -1.13. The van der Waals surface area contributed by atoms with Crippen molar-refractivity contribution in [1.82, 2.24) is 20.1 Å². The van der Waals surface area contributed by atoms with Gasteiger partial charge in [0.05, 0.1) is 17.7 Å². The van der Waals surface area contributed by atoms with Gasteiger partial charge in [-0.3, -0.25) is 19.5 Å². The van der Waals surface area contributed by atoms with Crippen molar-refractivity contribution < 1.29 is 14.0 Å². The molecule has 158 valence electrons. The predicted molar refractivity (Wildman–Crippen MR) is 111 cm³/mol. The Bertz CT molecular complexity index is 928. The van der Waals surface area contributed by atoms with E-state index in [-0.39, 0.29) is 34.8 Å². The number of carbonyl (C=O) groups is 2. The van der Waals surface area contributed by atoms with Gasteiger partial charge in [-0.25, -0.2) is 4.39 Å². The summed E-state index contributed by atoms with van der Waals surface area (Å²) < 4.78 is 14.0. The van der Waals surface area contributed by atoms with Gasteiger partial charge in [-0.1, -0.05) is 30.3 Å². The van der Waals surface area contributed by atoms with Crippen LogP contribution in [0.4, 0.5) is 4.39 Å². The zero-order chi connectivity index (χ0) is 21.3. The third-order valence-corrected chi connectivity index (χ3v) is 6.02. The van der Waals surface area contributed by atoms with Gasteiger partial charge in [-0.05, 0) is 25.5 Å². The average molecular weight is 410 g/mol. The highest BCUT2D eigenvalue weighted by Crippen LogP contribution is 2.45. The molecular formula is C23H27FN4O2. The lowest BCUT2D eigenvalue weighted by Crippen LogP contribution is -2.64. The van der Waals surface area contributed by atoms with Gasteiger partial charge in [0, 0.05) is 50.4 Å². The number of aromatic nitrogens is 1. The van der Waals surface area contributed by atoms with E-state index in [2.05, 4.69) is 27.3 Å². The van der Waals surface area contributed by atoms with Gasteiger partial charge >= 0.3 is 0 Å². The van der Waals surface area contributed by atoms with Crippen molar-refractivity contribution in [2.24, 2.45) is 11.3 Å². The molecule has 2 saturated heterocycles. The number of hydrogen-bond acceptors (Lipinski definition) is 4. The Morgan fingerprint density at radius 3 is 2.60 bits per heavy atom. The van der Waals surface area contributed by atoms with Gasteiger partial charge in [0.1, 0.15) is 0 Å². The lowest BCUT2D eigenvalue weighted by molar-refractivity contribution is -0.131. The topological polar surface area (TPSA) is 65.5 Å². The Hall–Kier alpha value is -2.80. The largest absolute Gasteiger partial charge is 0.354 e. The van der Waals surface area contributed by atoms with Crippen molar-refractivity contribution in [1.29, 1.82) is 0 Å². The molecule has 3 heterocycles. The van der Waals surface area contributed by atoms with Gasteiger partial charge in [-0.15, -0.1) is 0 Å². The van der Waals surface area contributed by atoms with Crippen LogP contribution in [-0.4, -0.2) is 58.8 Å². The quantitative estimate of drug-likeness (QED) is 0.822. The van der Waals surface area contributed by atoms with Gasteiger partial charge in [-0.2, -0.15) is 0 Å². The van der Waals surface area contributed by atoms with E-state index in [0.29, 0.717) is 19.6 Å². The minimum atomic E-state index is -0.616. The second-order valence-electron chi connectivity index (χ2n) is 8.75. The van der Waals surface area contributed by atoms with Crippen LogP contribution in [0.3, 0.4) is 0 Å². The number of amides is 2. The van der Waals surface area contributed by atoms with Gasteiger partial charge in [0.15, 0.2) is 5.82 Å². The van der Waals surface area contributed by atoms with E-state index in [4.69, 9.17) is 0 Å². The first kappa shape index (κ1) is 20.5. The molecule has 2 aliphatic heterocycles. The third kappa shape index (κ3) is 3.94. The van der Waals surface area contributed by atoms with E-state index >= 15 is 0 Å². The van der Waals surface area contributed by atoms with Gasteiger partial charge < -0.3 is 10.2 Å². The first-order valence-electron chi connectivity index (χ1n) is 10.3. The Morgan fingerprint density at radius 2 is 1.93 bits per heavy atom. The maximum absolute atomic E-state index is 14.0. The lowest BCUT2D eigenvalue weighted by atomic mass is 9.71. The maximum atomic E-state index is 14.0. The number of carbonyl (C=O) groups excluding carboxylic acids is 2. The number of nitrogens with zero attached hydrogens (tertiary/aromatic N) is 3. The van der Waals surface area contributed by atoms with E-state index in [1.165, 1.54) is 17.8 Å². The molecule has 0 radical (unpaired) electrons. The molecule has 1 atom stereocenters. The molecule has 0 bridgehead atoms. The van der Waals surface area contributed by atoms with Crippen molar-refractivity contribution in [2.75, 3.05) is 26.2 Å². The first-order valence-corrected chi connectivity index (χ1v) is 10.3. The van der Waals surface area contributed by atoms with Crippen molar-refractivity contribution in [3.05, 3.63) is 65.7 Å². The molecule has 7 heteroatoms.